The zero-order valence-electron chi connectivity index (χ0n) is 9.76. The summed E-state index contributed by atoms with van der Waals surface area (Å²) in [6, 6.07) is 10.5. The molecular weight excluding hydrogens is 310 g/mol. The van der Waals surface area contributed by atoms with E-state index in [0.29, 0.717) is 21.9 Å². The number of hydrogen-bond acceptors (Lipinski definition) is 4. The highest BCUT2D eigenvalue weighted by molar-refractivity contribution is 9.10. The normalized spacial score (nSPS) is 17.3. The number of amides is 1. The van der Waals surface area contributed by atoms with Gasteiger partial charge in [0.25, 0.3) is 5.91 Å². The minimum atomic E-state index is -0.684. The fourth-order valence-corrected chi connectivity index (χ4v) is 2.17. The van der Waals surface area contributed by atoms with Gasteiger partial charge in [0.2, 0.25) is 6.10 Å². The Morgan fingerprint density at radius 3 is 2.68 bits per heavy atom. The Bertz CT molecular complexity index is 643. The van der Waals surface area contributed by atoms with Crippen molar-refractivity contribution < 1.29 is 9.53 Å². The molecule has 1 atom stereocenters. The number of carbonyl (C=O) groups excluding carboxylic acids is 1. The molecule has 1 aromatic carbocycles. The number of ether oxygens (including phenoxy) is 1. The van der Waals surface area contributed by atoms with Crippen molar-refractivity contribution in [3.8, 4) is 5.75 Å². The Kier molecular flexibility index (Phi) is 2.87. The SMILES string of the molecule is Nc1ccc(C2Oc3ccc(Br)nc3NC2=O)cc1. The second kappa shape index (κ2) is 4.55. The number of aromatic nitrogens is 1. The Hall–Kier alpha value is -2.08. The minimum Gasteiger partial charge on any atom is -0.472 e. The van der Waals surface area contributed by atoms with Gasteiger partial charge in [0, 0.05) is 11.3 Å². The average molecular weight is 320 g/mol. The molecule has 96 valence electrons. The highest BCUT2D eigenvalue weighted by Gasteiger charge is 2.29. The number of nitrogens with zero attached hydrogens (tertiary/aromatic N) is 1. The summed E-state index contributed by atoms with van der Waals surface area (Å²) in [4.78, 5) is 16.2. The van der Waals surface area contributed by atoms with Gasteiger partial charge in [-0.1, -0.05) is 12.1 Å². The van der Waals surface area contributed by atoms with Gasteiger partial charge < -0.3 is 15.8 Å². The molecule has 1 aliphatic rings. The highest BCUT2D eigenvalue weighted by Crippen LogP contribution is 2.34. The second-order valence-electron chi connectivity index (χ2n) is 4.13. The zero-order valence-corrected chi connectivity index (χ0v) is 11.3. The first-order valence-corrected chi connectivity index (χ1v) is 6.42. The van der Waals surface area contributed by atoms with Crippen LogP contribution in [-0.4, -0.2) is 10.9 Å². The molecule has 0 radical (unpaired) electrons. The Balaban J connectivity index is 1.95. The summed E-state index contributed by atoms with van der Waals surface area (Å²) in [6.45, 7) is 0. The number of hydrogen-bond donors (Lipinski definition) is 2. The third kappa shape index (κ3) is 2.26. The van der Waals surface area contributed by atoms with Gasteiger partial charge in [-0.15, -0.1) is 0 Å². The lowest BCUT2D eigenvalue weighted by atomic mass is 10.1. The van der Waals surface area contributed by atoms with Crippen molar-refractivity contribution >= 4 is 33.3 Å². The second-order valence-corrected chi connectivity index (χ2v) is 4.95. The maximum Gasteiger partial charge on any atom is 0.271 e. The lowest BCUT2D eigenvalue weighted by Gasteiger charge is -2.25. The van der Waals surface area contributed by atoms with E-state index in [1.165, 1.54) is 0 Å². The van der Waals surface area contributed by atoms with Crippen molar-refractivity contribution in [1.29, 1.82) is 0 Å². The molecule has 6 heteroatoms. The topological polar surface area (TPSA) is 77.2 Å². The van der Waals surface area contributed by atoms with Crippen LogP contribution in [0.2, 0.25) is 0 Å². The van der Waals surface area contributed by atoms with Gasteiger partial charge in [-0.2, -0.15) is 0 Å². The van der Waals surface area contributed by atoms with Crippen molar-refractivity contribution in [2.24, 2.45) is 0 Å². The summed E-state index contributed by atoms with van der Waals surface area (Å²) in [7, 11) is 0. The maximum absolute atomic E-state index is 12.0. The lowest BCUT2D eigenvalue weighted by Crippen LogP contribution is -2.30. The van der Waals surface area contributed by atoms with Crippen LogP contribution in [0.25, 0.3) is 0 Å². The number of fused-ring (bicyclic) bond motifs is 1. The number of rotatable bonds is 1. The first kappa shape index (κ1) is 12.0. The number of nitrogen functional groups attached to an aromatic ring is 1. The summed E-state index contributed by atoms with van der Waals surface area (Å²) < 4.78 is 6.33. The molecule has 0 fully saturated rings. The summed E-state index contributed by atoms with van der Waals surface area (Å²) in [5.74, 6) is 0.721. The van der Waals surface area contributed by atoms with Gasteiger partial charge in [-0.3, -0.25) is 4.79 Å². The predicted octanol–water partition coefficient (Wildman–Crippen LogP) is 2.50. The van der Waals surface area contributed by atoms with Crippen molar-refractivity contribution in [2.75, 3.05) is 11.1 Å². The number of benzene rings is 1. The minimum absolute atomic E-state index is 0.247. The molecule has 0 bridgehead atoms. The molecule has 1 unspecified atom stereocenters. The first-order valence-electron chi connectivity index (χ1n) is 5.63. The van der Waals surface area contributed by atoms with E-state index in [0.717, 1.165) is 5.56 Å². The van der Waals surface area contributed by atoms with E-state index in [1.54, 1.807) is 36.4 Å². The van der Waals surface area contributed by atoms with Crippen molar-refractivity contribution in [2.45, 2.75) is 6.10 Å². The number of carbonyl (C=O) groups is 1. The van der Waals surface area contributed by atoms with E-state index in [9.17, 15) is 4.79 Å². The quantitative estimate of drug-likeness (QED) is 0.625. The third-order valence-electron chi connectivity index (χ3n) is 2.79. The molecule has 0 saturated heterocycles. The summed E-state index contributed by atoms with van der Waals surface area (Å²) in [5, 5.41) is 2.73. The van der Waals surface area contributed by atoms with Crippen molar-refractivity contribution in [3.63, 3.8) is 0 Å². The molecule has 1 amide bonds. The van der Waals surface area contributed by atoms with Gasteiger partial charge in [0.15, 0.2) is 11.6 Å². The van der Waals surface area contributed by atoms with E-state index < -0.39 is 6.10 Å². The standard InChI is InChI=1S/C13H10BrN3O2/c14-10-6-5-9-12(16-10)17-13(18)11(19-9)7-1-3-8(15)4-2-7/h1-6,11H,15H2,(H,16,17,18). The van der Waals surface area contributed by atoms with Crippen LogP contribution in [0, 0.1) is 0 Å². The van der Waals surface area contributed by atoms with Crippen LogP contribution >= 0.6 is 15.9 Å². The number of pyridine rings is 1. The molecule has 19 heavy (non-hydrogen) atoms. The molecule has 2 heterocycles. The Morgan fingerprint density at radius 1 is 1.21 bits per heavy atom. The van der Waals surface area contributed by atoms with Crippen molar-refractivity contribution in [3.05, 3.63) is 46.6 Å². The molecule has 3 N–H and O–H groups in total. The van der Waals surface area contributed by atoms with Gasteiger partial charge >= 0.3 is 0 Å². The molecular formula is C13H10BrN3O2. The van der Waals surface area contributed by atoms with E-state index >= 15 is 0 Å². The molecule has 0 saturated carbocycles. The maximum atomic E-state index is 12.0. The lowest BCUT2D eigenvalue weighted by molar-refractivity contribution is -0.123. The van der Waals surface area contributed by atoms with Gasteiger partial charge in [0.1, 0.15) is 4.60 Å². The van der Waals surface area contributed by atoms with Crippen LogP contribution in [0.15, 0.2) is 41.0 Å². The highest BCUT2D eigenvalue weighted by atomic mass is 79.9. The van der Waals surface area contributed by atoms with Crippen LogP contribution in [0.5, 0.6) is 5.75 Å². The monoisotopic (exact) mass is 319 g/mol. The van der Waals surface area contributed by atoms with Crippen LogP contribution in [0.1, 0.15) is 11.7 Å². The molecule has 3 rings (SSSR count). The molecule has 5 nitrogen and oxygen atoms in total. The molecule has 2 aromatic rings. The van der Waals surface area contributed by atoms with Crippen molar-refractivity contribution in [1.82, 2.24) is 4.98 Å². The predicted molar refractivity (Wildman–Crippen MR) is 74.8 cm³/mol. The van der Waals surface area contributed by atoms with Crippen LogP contribution in [-0.2, 0) is 4.79 Å². The van der Waals surface area contributed by atoms with Crippen LogP contribution in [0.4, 0.5) is 11.5 Å². The zero-order chi connectivity index (χ0) is 13.4. The smallest absolute Gasteiger partial charge is 0.271 e. The fraction of sp³-hybridized carbons (Fsp3) is 0.0769. The first-order chi connectivity index (χ1) is 9.13. The molecule has 0 spiro atoms. The summed E-state index contributed by atoms with van der Waals surface area (Å²) >= 11 is 3.25. The third-order valence-corrected chi connectivity index (χ3v) is 3.23. The van der Waals surface area contributed by atoms with Gasteiger partial charge in [0.05, 0.1) is 0 Å². The fourth-order valence-electron chi connectivity index (χ4n) is 1.86. The van der Waals surface area contributed by atoms with E-state index in [4.69, 9.17) is 10.5 Å². The molecule has 1 aliphatic heterocycles. The largest absolute Gasteiger partial charge is 0.472 e. The van der Waals surface area contributed by atoms with E-state index in [1.807, 2.05) is 0 Å². The Morgan fingerprint density at radius 2 is 1.95 bits per heavy atom. The summed E-state index contributed by atoms with van der Waals surface area (Å²) in [5.41, 5.74) is 7.02. The average Bonchev–Trinajstić information content (AvgIpc) is 2.39. The number of anilines is 2. The molecule has 0 aliphatic carbocycles. The van der Waals surface area contributed by atoms with Crippen LogP contribution < -0.4 is 15.8 Å². The summed E-state index contributed by atoms with van der Waals surface area (Å²) in [6.07, 6.45) is -0.684. The number of nitrogens with two attached hydrogens (primary N) is 1. The number of nitrogens with one attached hydrogen (secondary N) is 1. The number of halogens is 1. The molecule has 1 aromatic heterocycles. The Labute approximate surface area is 117 Å². The van der Waals surface area contributed by atoms with Gasteiger partial charge in [-0.05, 0) is 40.2 Å². The van der Waals surface area contributed by atoms with E-state index in [2.05, 4.69) is 26.2 Å². The van der Waals surface area contributed by atoms with Crippen LogP contribution in [0.3, 0.4) is 0 Å². The van der Waals surface area contributed by atoms with E-state index in [-0.39, 0.29) is 5.91 Å². The van der Waals surface area contributed by atoms with Gasteiger partial charge in [-0.25, -0.2) is 4.98 Å².